The molecule has 0 spiro atoms. The Morgan fingerprint density at radius 2 is 1.46 bits per heavy atom. The van der Waals surface area contributed by atoms with Crippen molar-refractivity contribution >= 4 is 23.9 Å². The zero-order valence-corrected chi connectivity index (χ0v) is 22.1. The van der Waals surface area contributed by atoms with Crippen LogP contribution < -0.4 is 15.2 Å². The van der Waals surface area contributed by atoms with E-state index in [4.69, 9.17) is 24.7 Å². The van der Waals surface area contributed by atoms with E-state index in [-0.39, 0.29) is 54.7 Å². The molecule has 0 aliphatic heterocycles. The summed E-state index contributed by atoms with van der Waals surface area (Å²) in [5, 5.41) is 0. The molecule has 196 valence electrons. The number of esters is 4. The number of hydrogen-bond acceptors (Lipinski definition) is 9. The number of hydrogen-bond donors (Lipinski definition) is 1. The van der Waals surface area contributed by atoms with Crippen molar-refractivity contribution in [1.29, 1.82) is 0 Å². The van der Waals surface area contributed by atoms with Gasteiger partial charge in [0.15, 0.2) is 11.5 Å². The third kappa shape index (κ3) is 10.1. The number of ether oxygens (including phenoxy) is 4. The zero-order chi connectivity index (χ0) is 27.0. The fourth-order valence-electron chi connectivity index (χ4n) is 2.94. The van der Waals surface area contributed by atoms with E-state index in [0.717, 1.165) is 0 Å². The van der Waals surface area contributed by atoms with E-state index in [1.165, 1.54) is 19.2 Å². The Bertz CT molecular complexity index is 916. The summed E-state index contributed by atoms with van der Waals surface area (Å²) in [6, 6.07) is 4.60. The second-order valence-electron chi connectivity index (χ2n) is 10.5. The maximum Gasteiger partial charge on any atom is 0.326 e. The molecule has 0 unspecified atom stereocenters. The Hall–Kier alpha value is -2.94. The number of rotatable bonds is 11. The summed E-state index contributed by atoms with van der Waals surface area (Å²) >= 11 is 0. The first kappa shape index (κ1) is 30.1. The van der Waals surface area contributed by atoms with Crippen LogP contribution in [0.2, 0.25) is 0 Å². The molecule has 0 saturated heterocycles. The summed E-state index contributed by atoms with van der Waals surface area (Å²) in [7, 11) is 1.22. The number of methoxy groups -OCH3 is 1. The van der Waals surface area contributed by atoms with Crippen LogP contribution in [-0.2, 0) is 35.1 Å². The summed E-state index contributed by atoms with van der Waals surface area (Å²) < 4.78 is 21.0. The Labute approximate surface area is 207 Å². The molecule has 9 heteroatoms. The van der Waals surface area contributed by atoms with Crippen LogP contribution in [0.25, 0.3) is 0 Å². The van der Waals surface area contributed by atoms with E-state index in [9.17, 15) is 19.2 Å². The van der Waals surface area contributed by atoms with Gasteiger partial charge in [0.2, 0.25) is 0 Å². The Morgan fingerprint density at radius 3 is 1.94 bits per heavy atom. The topological polar surface area (TPSA) is 131 Å². The van der Waals surface area contributed by atoms with Crippen molar-refractivity contribution in [3.8, 4) is 11.5 Å². The molecule has 1 rings (SSSR count). The number of carbonyl (C=O) groups excluding carboxylic acids is 4. The van der Waals surface area contributed by atoms with Gasteiger partial charge in [-0.3, -0.25) is 19.2 Å². The second kappa shape index (κ2) is 12.7. The van der Waals surface area contributed by atoms with Crippen molar-refractivity contribution in [1.82, 2.24) is 0 Å². The van der Waals surface area contributed by atoms with Crippen LogP contribution in [0, 0.1) is 17.3 Å². The van der Waals surface area contributed by atoms with Gasteiger partial charge in [-0.1, -0.05) is 54.5 Å². The smallest absolute Gasteiger partial charge is 0.326 e. The van der Waals surface area contributed by atoms with E-state index < -0.39 is 29.4 Å². The van der Waals surface area contributed by atoms with E-state index in [1.54, 1.807) is 33.8 Å². The van der Waals surface area contributed by atoms with Crippen LogP contribution in [0.5, 0.6) is 11.5 Å². The Morgan fingerprint density at radius 1 is 0.914 bits per heavy atom. The quantitative estimate of drug-likeness (QED) is 0.363. The summed E-state index contributed by atoms with van der Waals surface area (Å²) in [6.07, 6.45) is 0.242. The predicted molar refractivity (Wildman–Crippen MR) is 130 cm³/mol. The average molecular weight is 494 g/mol. The second-order valence-corrected chi connectivity index (χ2v) is 10.5. The molecule has 0 aromatic heterocycles. The molecule has 0 radical (unpaired) electrons. The van der Waals surface area contributed by atoms with Gasteiger partial charge in [-0.2, -0.15) is 0 Å². The van der Waals surface area contributed by atoms with Gasteiger partial charge >= 0.3 is 23.9 Å². The monoisotopic (exact) mass is 493 g/mol. The molecule has 1 aromatic rings. The van der Waals surface area contributed by atoms with E-state index in [0.29, 0.717) is 5.56 Å². The predicted octanol–water partition coefficient (Wildman–Crippen LogP) is 3.59. The molecule has 0 saturated carbocycles. The maximum atomic E-state index is 12.5. The first-order chi connectivity index (χ1) is 16.1. The van der Waals surface area contributed by atoms with Crippen molar-refractivity contribution in [2.75, 3.05) is 13.7 Å². The molecule has 35 heavy (non-hydrogen) atoms. The van der Waals surface area contributed by atoms with Crippen LogP contribution in [-0.4, -0.2) is 43.1 Å². The molecular weight excluding hydrogens is 454 g/mol. The van der Waals surface area contributed by atoms with E-state index in [2.05, 4.69) is 0 Å². The molecule has 0 aliphatic carbocycles. The number of carbonyl (C=O) groups is 4. The highest BCUT2D eigenvalue weighted by Gasteiger charge is 2.36. The standard InChI is InChI=1S/C26H39NO8/c1-16(2)22(29)34-19-10-9-18(13-20(19)35-23(30)17(3)4)14-26(27,24(31)32-8)11-12-33-21(28)15-25(5,6)7/h9-10,13,16-17H,11-12,14-15,27H2,1-8H3/t26-/m1/s1. The SMILES string of the molecule is COC(=O)[C@@](N)(CCOC(=O)CC(C)(C)C)Cc1ccc(OC(=O)C(C)C)c(OC(=O)C(C)C)c1. The van der Waals surface area contributed by atoms with E-state index >= 15 is 0 Å². The van der Waals surface area contributed by atoms with Gasteiger partial charge in [-0.15, -0.1) is 0 Å². The van der Waals surface area contributed by atoms with Crippen LogP contribution in [0.4, 0.5) is 0 Å². The maximum absolute atomic E-state index is 12.5. The number of nitrogens with two attached hydrogens (primary N) is 1. The Balaban J connectivity index is 3.15. The van der Waals surface area contributed by atoms with Gasteiger partial charge in [0.05, 0.1) is 32.0 Å². The average Bonchev–Trinajstić information content (AvgIpc) is 2.73. The highest BCUT2D eigenvalue weighted by molar-refractivity contribution is 5.81. The van der Waals surface area contributed by atoms with Crippen molar-refractivity contribution in [2.24, 2.45) is 23.0 Å². The van der Waals surface area contributed by atoms with Gasteiger partial charge in [-0.05, 0) is 23.1 Å². The molecule has 1 aromatic carbocycles. The molecule has 2 N–H and O–H groups in total. The largest absolute Gasteiger partial charge is 0.468 e. The normalized spacial score (nSPS) is 13.2. The van der Waals surface area contributed by atoms with Crippen LogP contribution >= 0.6 is 0 Å². The van der Waals surface area contributed by atoms with Gasteiger partial charge in [0, 0.05) is 12.8 Å². The molecule has 1 atom stereocenters. The lowest BCUT2D eigenvalue weighted by molar-refractivity contribution is -0.152. The van der Waals surface area contributed by atoms with Gasteiger partial charge < -0.3 is 24.7 Å². The minimum absolute atomic E-state index is 0.00112. The Kier molecular flexibility index (Phi) is 10.9. The molecule has 0 aliphatic rings. The zero-order valence-electron chi connectivity index (χ0n) is 22.1. The van der Waals surface area contributed by atoms with Crippen LogP contribution in [0.1, 0.15) is 66.9 Å². The van der Waals surface area contributed by atoms with E-state index in [1.807, 2.05) is 20.8 Å². The van der Waals surface area contributed by atoms with Gasteiger partial charge in [0.25, 0.3) is 0 Å². The molecule has 0 heterocycles. The first-order valence-corrected chi connectivity index (χ1v) is 11.7. The lowest BCUT2D eigenvalue weighted by atomic mass is 9.88. The van der Waals surface area contributed by atoms with Crippen molar-refractivity contribution in [3.05, 3.63) is 23.8 Å². The molecule has 0 bridgehead atoms. The lowest BCUT2D eigenvalue weighted by Crippen LogP contribution is -2.51. The summed E-state index contributed by atoms with van der Waals surface area (Å²) in [5.41, 5.74) is 5.19. The molecule has 0 amide bonds. The fourth-order valence-corrected chi connectivity index (χ4v) is 2.94. The van der Waals surface area contributed by atoms with Crippen LogP contribution in [0.15, 0.2) is 18.2 Å². The summed E-state index contributed by atoms with van der Waals surface area (Å²) in [5.74, 6) is -2.75. The molecular formula is C26H39NO8. The first-order valence-electron chi connectivity index (χ1n) is 11.7. The molecule has 0 fully saturated rings. The van der Waals surface area contributed by atoms with Crippen LogP contribution in [0.3, 0.4) is 0 Å². The number of benzene rings is 1. The third-order valence-corrected chi connectivity index (χ3v) is 4.97. The highest BCUT2D eigenvalue weighted by atomic mass is 16.6. The third-order valence-electron chi connectivity index (χ3n) is 4.97. The van der Waals surface area contributed by atoms with Gasteiger partial charge in [0.1, 0.15) is 5.54 Å². The minimum Gasteiger partial charge on any atom is -0.468 e. The minimum atomic E-state index is -1.51. The molecule has 9 nitrogen and oxygen atoms in total. The fraction of sp³-hybridized carbons (Fsp3) is 0.615. The summed E-state index contributed by atoms with van der Waals surface area (Å²) in [4.78, 5) is 48.9. The van der Waals surface area contributed by atoms with Gasteiger partial charge in [-0.25, -0.2) is 0 Å². The van der Waals surface area contributed by atoms with Crippen molar-refractivity contribution in [2.45, 2.75) is 73.3 Å². The highest BCUT2D eigenvalue weighted by Crippen LogP contribution is 2.32. The summed E-state index contributed by atoms with van der Waals surface area (Å²) in [6.45, 7) is 12.4. The van der Waals surface area contributed by atoms with Crippen molar-refractivity contribution in [3.63, 3.8) is 0 Å². The van der Waals surface area contributed by atoms with Crippen molar-refractivity contribution < 1.29 is 38.1 Å². The lowest BCUT2D eigenvalue weighted by Gasteiger charge is -2.27.